The van der Waals surface area contributed by atoms with Crippen molar-refractivity contribution in [2.75, 3.05) is 5.75 Å². The van der Waals surface area contributed by atoms with Crippen LogP contribution in [0.3, 0.4) is 0 Å². The Morgan fingerprint density at radius 3 is 2.63 bits per heavy atom. The molecule has 1 aromatic heterocycles. The van der Waals surface area contributed by atoms with Gasteiger partial charge in [-0.2, -0.15) is 0 Å². The van der Waals surface area contributed by atoms with Crippen LogP contribution < -0.4 is 5.56 Å². The molecule has 3 rings (SSSR count). The average molecular weight is 388 g/mol. The Morgan fingerprint density at radius 2 is 1.89 bits per heavy atom. The second-order valence-electron chi connectivity index (χ2n) is 6.28. The monoisotopic (exact) mass is 388 g/mol. The quantitative estimate of drug-likeness (QED) is 0.374. The summed E-state index contributed by atoms with van der Waals surface area (Å²) < 4.78 is 26.9. The number of aromatic nitrogens is 2. The summed E-state index contributed by atoms with van der Waals surface area (Å²) in [4.78, 5) is 30.6. The summed E-state index contributed by atoms with van der Waals surface area (Å²) in [6.45, 7) is 2.00. The highest BCUT2D eigenvalue weighted by Gasteiger charge is 2.13. The highest BCUT2D eigenvalue weighted by Crippen LogP contribution is 2.19. The van der Waals surface area contributed by atoms with Gasteiger partial charge < -0.3 is 4.98 Å². The van der Waals surface area contributed by atoms with Gasteiger partial charge in [-0.15, -0.1) is 0 Å². The zero-order chi connectivity index (χ0) is 19.4. The number of nitrogens with zero attached hydrogens (tertiary/aromatic N) is 1. The van der Waals surface area contributed by atoms with Crippen molar-refractivity contribution in [3.05, 3.63) is 69.5 Å². The predicted octanol–water partition coefficient (Wildman–Crippen LogP) is 4.19. The van der Waals surface area contributed by atoms with Gasteiger partial charge in [0.25, 0.3) is 5.56 Å². The number of Topliss-reactive ketones (excluding diaryl/α,β-unsaturated/α-hetero) is 1. The molecular weight excluding hydrogens is 370 g/mol. The van der Waals surface area contributed by atoms with Crippen molar-refractivity contribution >= 4 is 28.4 Å². The minimum Gasteiger partial charge on any atom is -0.301 e. The van der Waals surface area contributed by atoms with Gasteiger partial charge in [0.05, 0.1) is 5.52 Å². The number of ketones is 1. The summed E-state index contributed by atoms with van der Waals surface area (Å²) >= 11 is 1.27. The number of carbonyl (C=O) groups is 1. The van der Waals surface area contributed by atoms with Gasteiger partial charge in [-0.05, 0) is 31.0 Å². The van der Waals surface area contributed by atoms with Gasteiger partial charge in [0, 0.05) is 18.6 Å². The molecule has 0 atom stereocenters. The van der Waals surface area contributed by atoms with E-state index in [1.165, 1.54) is 17.8 Å². The summed E-state index contributed by atoms with van der Waals surface area (Å²) in [5, 5.41) is -0.0582. The Morgan fingerprint density at radius 1 is 1.15 bits per heavy atom. The van der Waals surface area contributed by atoms with Crippen LogP contribution in [0.2, 0.25) is 0 Å². The molecule has 0 unspecified atom stereocenters. The molecule has 27 heavy (non-hydrogen) atoms. The SMILES string of the molecule is Cc1ccc(CC(=O)CCCSc2nc3ccc(F)c(F)c3c(=O)[nH]2)cc1. The van der Waals surface area contributed by atoms with Crippen LogP contribution in [0.15, 0.2) is 46.3 Å². The summed E-state index contributed by atoms with van der Waals surface area (Å²) in [6.07, 6.45) is 1.47. The Hall–Kier alpha value is -2.54. The molecule has 0 spiro atoms. The summed E-state index contributed by atoms with van der Waals surface area (Å²) in [7, 11) is 0. The molecule has 0 saturated carbocycles. The van der Waals surface area contributed by atoms with E-state index in [1.54, 1.807) is 0 Å². The fourth-order valence-electron chi connectivity index (χ4n) is 2.68. The van der Waals surface area contributed by atoms with E-state index in [2.05, 4.69) is 9.97 Å². The molecule has 4 nitrogen and oxygen atoms in total. The number of hydrogen-bond acceptors (Lipinski definition) is 4. The Bertz CT molecular complexity index is 1030. The third-order valence-corrected chi connectivity index (χ3v) is 5.06. The first-order valence-electron chi connectivity index (χ1n) is 8.52. The Balaban J connectivity index is 1.54. The average Bonchev–Trinajstić information content (AvgIpc) is 2.63. The number of fused-ring (bicyclic) bond motifs is 1. The smallest absolute Gasteiger partial charge is 0.262 e. The molecule has 7 heteroatoms. The summed E-state index contributed by atoms with van der Waals surface area (Å²) in [5.74, 6) is -1.55. The summed E-state index contributed by atoms with van der Waals surface area (Å²) in [6, 6.07) is 10.1. The van der Waals surface area contributed by atoms with Crippen LogP contribution in [0.5, 0.6) is 0 Å². The minimum absolute atomic E-state index is 0.107. The maximum Gasteiger partial charge on any atom is 0.262 e. The van der Waals surface area contributed by atoms with Gasteiger partial charge in [-0.3, -0.25) is 9.59 Å². The first-order valence-corrected chi connectivity index (χ1v) is 9.50. The molecule has 0 saturated heterocycles. The normalized spacial score (nSPS) is 11.1. The number of aryl methyl sites for hydroxylation is 1. The zero-order valence-corrected chi connectivity index (χ0v) is 15.5. The number of nitrogens with one attached hydrogen (secondary N) is 1. The van der Waals surface area contributed by atoms with Gasteiger partial charge in [0.2, 0.25) is 0 Å². The van der Waals surface area contributed by atoms with Crippen molar-refractivity contribution in [2.24, 2.45) is 0 Å². The van der Waals surface area contributed by atoms with E-state index in [4.69, 9.17) is 0 Å². The van der Waals surface area contributed by atoms with E-state index in [0.29, 0.717) is 30.2 Å². The van der Waals surface area contributed by atoms with E-state index in [9.17, 15) is 18.4 Å². The molecule has 140 valence electrons. The van der Waals surface area contributed by atoms with Crippen LogP contribution in [0.1, 0.15) is 24.0 Å². The van der Waals surface area contributed by atoms with E-state index in [1.807, 2.05) is 31.2 Å². The van der Waals surface area contributed by atoms with E-state index < -0.39 is 17.2 Å². The number of benzene rings is 2. The maximum absolute atomic E-state index is 13.7. The number of rotatable bonds is 7. The predicted molar refractivity (Wildman–Crippen MR) is 102 cm³/mol. The molecule has 0 radical (unpaired) electrons. The number of hydrogen-bond donors (Lipinski definition) is 1. The van der Waals surface area contributed by atoms with E-state index >= 15 is 0 Å². The number of H-pyrrole nitrogens is 1. The van der Waals surface area contributed by atoms with Crippen LogP contribution in [-0.4, -0.2) is 21.5 Å². The molecule has 3 aromatic rings. The minimum atomic E-state index is -1.19. The van der Waals surface area contributed by atoms with Gasteiger partial charge in [0.15, 0.2) is 16.8 Å². The largest absolute Gasteiger partial charge is 0.301 e. The van der Waals surface area contributed by atoms with Crippen LogP contribution >= 0.6 is 11.8 Å². The summed E-state index contributed by atoms with van der Waals surface area (Å²) in [5.41, 5.74) is 1.54. The third kappa shape index (κ3) is 4.80. The highest BCUT2D eigenvalue weighted by atomic mass is 32.2. The van der Waals surface area contributed by atoms with E-state index in [0.717, 1.165) is 17.2 Å². The third-order valence-electron chi connectivity index (χ3n) is 4.10. The molecule has 0 aliphatic heterocycles. The van der Waals surface area contributed by atoms with Crippen molar-refractivity contribution in [1.29, 1.82) is 0 Å². The zero-order valence-electron chi connectivity index (χ0n) is 14.7. The molecule has 1 heterocycles. The maximum atomic E-state index is 13.7. The fraction of sp³-hybridized carbons (Fsp3) is 0.250. The lowest BCUT2D eigenvalue weighted by Gasteiger charge is -2.04. The van der Waals surface area contributed by atoms with Crippen LogP contribution in [0.4, 0.5) is 8.78 Å². The Labute approximate surface area is 159 Å². The highest BCUT2D eigenvalue weighted by molar-refractivity contribution is 7.99. The van der Waals surface area contributed by atoms with Gasteiger partial charge >= 0.3 is 0 Å². The molecule has 1 N–H and O–H groups in total. The molecule has 0 fully saturated rings. The molecule has 2 aromatic carbocycles. The molecular formula is C20H18F2N2O2S. The van der Waals surface area contributed by atoms with Crippen molar-refractivity contribution in [3.63, 3.8) is 0 Å². The van der Waals surface area contributed by atoms with Gasteiger partial charge in [-0.25, -0.2) is 13.8 Å². The van der Waals surface area contributed by atoms with Crippen molar-refractivity contribution < 1.29 is 13.6 Å². The molecule has 0 bridgehead atoms. The van der Waals surface area contributed by atoms with Gasteiger partial charge in [0.1, 0.15) is 11.2 Å². The number of thioether (sulfide) groups is 1. The fourth-order valence-corrected chi connectivity index (χ4v) is 3.48. The second-order valence-corrected chi connectivity index (χ2v) is 7.36. The van der Waals surface area contributed by atoms with Crippen LogP contribution in [-0.2, 0) is 11.2 Å². The number of carbonyl (C=O) groups excluding carboxylic acids is 1. The van der Waals surface area contributed by atoms with Gasteiger partial charge in [-0.1, -0.05) is 41.6 Å². The topological polar surface area (TPSA) is 62.8 Å². The van der Waals surface area contributed by atoms with Crippen LogP contribution in [0, 0.1) is 18.6 Å². The lowest BCUT2D eigenvalue weighted by Crippen LogP contribution is -2.12. The second kappa shape index (κ2) is 8.43. The number of aromatic amines is 1. The van der Waals surface area contributed by atoms with Crippen LogP contribution in [0.25, 0.3) is 10.9 Å². The lowest BCUT2D eigenvalue weighted by atomic mass is 10.0. The lowest BCUT2D eigenvalue weighted by molar-refractivity contribution is -0.118. The number of halogens is 2. The Kier molecular flexibility index (Phi) is 6.01. The first kappa shape index (κ1) is 19.2. The standard InChI is InChI=1S/C20H18F2N2O2S/c1-12-4-6-13(7-5-12)11-14(25)3-2-10-27-20-23-16-9-8-15(21)18(22)17(16)19(26)24-20/h4-9H,2-3,10-11H2,1H3,(H,23,24,26). The van der Waals surface area contributed by atoms with Crippen molar-refractivity contribution in [1.82, 2.24) is 9.97 Å². The molecule has 0 aliphatic carbocycles. The van der Waals surface area contributed by atoms with Crippen molar-refractivity contribution in [2.45, 2.75) is 31.3 Å². The van der Waals surface area contributed by atoms with Crippen molar-refractivity contribution in [3.8, 4) is 0 Å². The van der Waals surface area contributed by atoms with E-state index in [-0.39, 0.29) is 16.7 Å². The first-order chi connectivity index (χ1) is 12.9. The molecule has 0 amide bonds. The molecule has 0 aliphatic rings.